The third kappa shape index (κ3) is 2.88. The standard InChI is InChI=1S/C14H15BrN2O/c1-10(6-8-15)17-14(18)12-7-9-16-13-5-3-2-4-11(12)13/h2-5,7,9-10H,6,8H2,1H3,(H,17,18). The fourth-order valence-corrected chi connectivity index (χ4v) is 2.52. The summed E-state index contributed by atoms with van der Waals surface area (Å²) in [5.74, 6) is -0.0398. The Morgan fingerprint density at radius 2 is 2.17 bits per heavy atom. The number of aromatic nitrogens is 1. The van der Waals surface area contributed by atoms with Crippen LogP contribution in [0.1, 0.15) is 23.7 Å². The van der Waals surface area contributed by atoms with Crippen molar-refractivity contribution in [3.8, 4) is 0 Å². The van der Waals surface area contributed by atoms with Crippen molar-refractivity contribution in [3.63, 3.8) is 0 Å². The molecule has 0 aliphatic carbocycles. The molecular weight excluding hydrogens is 292 g/mol. The quantitative estimate of drug-likeness (QED) is 0.882. The molecule has 1 aromatic heterocycles. The van der Waals surface area contributed by atoms with Gasteiger partial charge in [-0.3, -0.25) is 9.78 Å². The van der Waals surface area contributed by atoms with Gasteiger partial charge in [0.2, 0.25) is 0 Å². The smallest absolute Gasteiger partial charge is 0.252 e. The summed E-state index contributed by atoms with van der Waals surface area (Å²) < 4.78 is 0. The maximum atomic E-state index is 12.2. The van der Waals surface area contributed by atoms with Crippen molar-refractivity contribution in [2.24, 2.45) is 0 Å². The van der Waals surface area contributed by atoms with Crippen molar-refractivity contribution in [1.82, 2.24) is 10.3 Å². The summed E-state index contributed by atoms with van der Waals surface area (Å²) in [6.07, 6.45) is 2.58. The minimum atomic E-state index is -0.0398. The van der Waals surface area contributed by atoms with Gasteiger partial charge in [-0.15, -0.1) is 0 Å². The zero-order valence-corrected chi connectivity index (χ0v) is 11.8. The second-order valence-electron chi connectivity index (χ2n) is 4.23. The van der Waals surface area contributed by atoms with Crippen LogP contribution in [0.4, 0.5) is 0 Å². The maximum Gasteiger partial charge on any atom is 0.252 e. The van der Waals surface area contributed by atoms with Crippen molar-refractivity contribution in [3.05, 3.63) is 42.1 Å². The van der Waals surface area contributed by atoms with E-state index in [0.29, 0.717) is 5.56 Å². The topological polar surface area (TPSA) is 42.0 Å². The van der Waals surface area contributed by atoms with Gasteiger partial charge in [-0.1, -0.05) is 34.1 Å². The third-order valence-corrected chi connectivity index (χ3v) is 3.27. The molecule has 0 saturated carbocycles. The molecular formula is C14H15BrN2O. The molecule has 0 aliphatic heterocycles. The van der Waals surface area contributed by atoms with Crippen molar-refractivity contribution in [2.45, 2.75) is 19.4 Å². The van der Waals surface area contributed by atoms with Crippen LogP contribution in [-0.4, -0.2) is 22.3 Å². The zero-order chi connectivity index (χ0) is 13.0. The first kappa shape index (κ1) is 13.0. The average molecular weight is 307 g/mol. The van der Waals surface area contributed by atoms with Crippen LogP contribution in [0, 0.1) is 0 Å². The van der Waals surface area contributed by atoms with E-state index in [0.717, 1.165) is 22.7 Å². The summed E-state index contributed by atoms with van der Waals surface area (Å²) in [5, 5.41) is 4.77. The highest BCUT2D eigenvalue weighted by Crippen LogP contribution is 2.16. The summed E-state index contributed by atoms with van der Waals surface area (Å²) in [6.45, 7) is 2.00. The highest BCUT2D eigenvalue weighted by Gasteiger charge is 2.12. The minimum absolute atomic E-state index is 0.0398. The number of amides is 1. The average Bonchev–Trinajstić information content (AvgIpc) is 2.38. The summed E-state index contributed by atoms with van der Waals surface area (Å²) >= 11 is 3.37. The van der Waals surface area contributed by atoms with Gasteiger partial charge in [0.05, 0.1) is 11.1 Å². The SMILES string of the molecule is CC(CCBr)NC(=O)c1ccnc2ccccc12. The first-order chi connectivity index (χ1) is 8.72. The van der Waals surface area contributed by atoms with Crippen molar-refractivity contribution in [2.75, 3.05) is 5.33 Å². The molecule has 0 radical (unpaired) electrons. The molecule has 1 unspecified atom stereocenters. The Balaban J connectivity index is 2.28. The molecule has 1 aromatic carbocycles. The van der Waals surface area contributed by atoms with E-state index in [-0.39, 0.29) is 11.9 Å². The molecule has 0 fully saturated rings. The van der Waals surface area contributed by atoms with Gasteiger partial charge in [-0.25, -0.2) is 0 Å². The molecule has 0 bridgehead atoms. The van der Waals surface area contributed by atoms with E-state index in [1.807, 2.05) is 31.2 Å². The van der Waals surface area contributed by atoms with Gasteiger partial charge in [0.25, 0.3) is 5.91 Å². The Morgan fingerprint density at radius 3 is 2.94 bits per heavy atom. The highest BCUT2D eigenvalue weighted by molar-refractivity contribution is 9.09. The van der Waals surface area contributed by atoms with Crippen LogP contribution in [0.5, 0.6) is 0 Å². The zero-order valence-electron chi connectivity index (χ0n) is 10.2. The molecule has 1 amide bonds. The lowest BCUT2D eigenvalue weighted by Gasteiger charge is -2.13. The van der Waals surface area contributed by atoms with E-state index in [4.69, 9.17) is 0 Å². The van der Waals surface area contributed by atoms with Crippen LogP contribution in [0.25, 0.3) is 10.9 Å². The predicted octanol–water partition coefficient (Wildman–Crippen LogP) is 3.14. The van der Waals surface area contributed by atoms with Crippen LogP contribution >= 0.6 is 15.9 Å². The molecule has 0 spiro atoms. The Labute approximate surface area is 115 Å². The fraction of sp³-hybridized carbons (Fsp3) is 0.286. The summed E-state index contributed by atoms with van der Waals surface area (Å²) in [6, 6.07) is 9.59. The Morgan fingerprint density at radius 1 is 1.39 bits per heavy atom. The molecule has 18 heavy (non-hydrogen) atoms. The molecule has 3 nitrogen and oxygen atoms in total. The van der Waals surface area contributed by atoms with Crippen LogP contribution < -0.4 is 5.32 Å². The van der Waals surface area contributed by atoms with Crippen LogP contribution in [0.15, 0.2) is 36.5 Å². The van der Waals surface area contributed by atoms with Crippen LogP contribution in [0.3, 0.4) is 0 Å². The normalized spacial score (nSPS) is 12.3. The number of para-hydroxylation sites is 1. The fourth-order valence-electron chi connectivity index (χ4n) is 1.83. The monoisotopic (exact) mass is 306 g/mol. The second kappa shape index (κ2) is 5.96. The molecule has 94 valence electrons. The number of carbonyl (C=O) groups is 1. The van der Waals surface area contributed by atoms with Gasteiger partial charge in [0, 0.05) is 23.0 Å². The van der Waals surface area contributed by atoms with Crippen molar-refractivity contribution in [1.29, 1.82) is 0 Å². The molecule has 0 aliphatic rings. The lowest BCUT2D eigenvalue weighted by Crippen LogP contribution is -2.32. The summed E-state index contributed by atoms with van der Waals surface area (Å²) in [5.41, 5.74) is 1.53. The van der Waals surface area contributed by atoms with Crippen LogP contribution in [0.2, 0.25) is 0 Å². The number of alkyl halides is 1. The number of halogens is 1. The molecule has 1 N–H and O–H groups in total. The maximum absolute atomic E-state index is 12.2. The van der Waals surface area contributed by atoms with Crippen molar-refractivity contribution >= 4 is 32.7 Å². The Bertz CT molecular complexity index is 551. The third-order valence-electron chi connectivity index (χ3n) is 2.81. The van der Waals surface area contributed by atoms with E-state index in [9.17, 15) is 4.79 Å². The van der Waals surface area contributed by atoms with Gasteiger partial charge in [-0.05, 0) is 25.5 Å². The summed E-state index contributed by atoms with van der Waals surface area (Å²) in [4.78, 5) is 16.4. The van der Waals surface area contributed by atoms with Gasteiger partial charge in [-0.2, -0.15) is 0 Å². The lowest BCUT2D eigenvalue weighted by atomic mass is 10.1. The highest BCUT2D eigenvalue weighted by atomic mass is 79.9. The van der Waals surface area contributed by atoms with E-state index in [2.05, 4.69) is 26.2 Å². The first-order valence-electron chi connectivity index (χ1n) is 5.93. The molecule has 2 aromatic rings. The Kier molecular flexibility index (Phi) is 4.31. The molecule has 0 saturated heterocycles. The molecule has 1 heterocycles. The number of rotatable bonds is 4. The second-order valence-corrected chi connectivity index (χ2v) is 5.02. The predicted molar refractivity (Wildman–Crippen MR) is 77.1 cm³/mol. The summed E-state index contributed by atoms with van der Waals surface area (Å²) in [7, 11) is 0. The minimum Gasteiger partial charge on any atom is -0.350 e. The number of nitrogens with one attached hydrogen (secondary N) is 1. The van der Waals surface area contributed by atoms with Crippen molar-refractivity contribution < 1.29 is 4.79 Å². The molecule has 1 atom stereocenters. The van der Waals surface area contributed by atoms with Gasteiger partial charge < -0.3 is 5.32 Å². The molecule has 4 heteroatoms. The number of fused-ring (bicyclic) bond motifs is 1. The Hall–Kier alpha value is -1.42. The number of benzene rings is 1. The number of pyridine rings is 1. The number of hydrogen-bond acceptors (Lipinski definition) is 2. The van der Waals surface area contributed by atoms with E-state index < -0.39 is 0 Å². The van der Waals surface area contributed by atoms with E-state index in [1.54, 1.807) is 12.3 Å². The number of nitrogens with zero attached hydrogens (tertiary/aromatic N) is 1. The number of carbonyl (C=O) groups excluding carboxylic acids is 1. The number of hydrogen-bond donors (Lipinski definition) is 1. The van der Waals surface area contributed by atoms with Gasteiger partial charge in [0.1, 0.15) is 0 Å². The largest absolute Gasteiger partial charge is 0.350 e. The van der Waals surface area contributed by atoms with Gasteiger partial charge >= 0.3 is 0 Å². The van der Waals surface area contributed by atoms with E-state index >= 15 is 0 Å². The first-order valence-corrected chi connectivity index (χ1v) is 7.05. The molecule has 2 rings (SSSR count). The van der Waals surface area contributed by atoms with Gasteiger partial charge in [0.15, 0.2) is 0 Å². The van der Waals surface area contributed by atoms with E-state index in [1.165, 1.54) is 0 Å². The van der Waals surface area contributed by atoms with Crippen LogP contribution in [-0.2, 0) is 0 Å². The lowest BCUT2D eigenvalue weighted by molar-refractivity contribution is 0.0941.